The molecule has 0 aliphatic heterocycles. The van der Waals surface area contributed by atoms with Crippen LogP contribution in [0.15, 0.2) is 18.2 Å². The Balaban J connectivity index is 3.13. The van der Waals surface area contributed by atoms with Crippen LogP contribution in [0.2, 0.25) is 0 Å². The molecule has 0 aliphatic carbocycles. The van der Waals surface area contributed by atoms with E-state index in [1.165, 1.54) is 37.3 Å². The summed E-state index contributed by atoms with van der Waals surface area (Å²) in [5, 5.41) is 10.7. The number of alkyl halides is 1. The molecule has 7 heteroatoms. The number of nitro benzene ring substituents is 1. The van der Waals surface area contributed by atoms with Crippen molar-refractivity contribution in [3.8, 4) is 5.75 Å². The smallest absolute Gasteiger partial charge is 0.311 e. The van der Waals surface area contributed by atoms with Crippen molar-refractivity contribution in [2.24, 2.45) is 0 Å². The zero-order valence-corrected chi connectivity index (χ0v) is 10.1. The Morgan fingerprint density at radius 3 is 2.71 bits per heavy atom. The number of carbonyl (C=O) groups is 1. The molecule has 0 atom stereocenters. The Bertz CT molecular complexity index is 450. The topological polar surface area (TPSA) is 72.7 Å². The first kappa shape index (κ1) is 13.2. The van der Waals surface area contributed by atoms with Crippen molar-refractivity contribution in [1.82, 2.24) is 0 Å². The summed E-state index contributed by atoms with van der Waals surface area (Å²) < 4.78 is 4.90. The van der Waals surface area contributed by atoms with E-state index in [4.69, 9.17) is 16.3 Å². The zero-order chi connectivity index (χ0) is 13.0. The van der Waals surface area contributed by atoms with Gasteiger partial charge in [0.15, 0.2) is 5.75 Å². The van der Waals surface area contributed by atoms with Crippen molar-refractivity contribution < 1.29 is 14.5 Å². The summed E-state index contributed by atoms with van der Waals surface area (Å²) >= 11 is 5.42. The minimum absolute atomic E-state index is 0.0988. The van der Waals surface area contributed by atoms with Gasteiger partial charge in [0.05, 0.1) is 12.0 Å². The van der Waals surface area contributed by atoms with E-state index in [0.29, 0.717) is 5.69 Å². The summed E-state index contributed by atoms with van der Waals surface area (Å²) in [4.78, 5) is 22.8. The van der Waals surface area contributed by atoms with Gasteiger partial charge in [0.2, 0.25) is 5.91 Å². The predicted molar refractivity (Wildman–Crippen MR) is 63.8 cm³/mol. The van der Waals surface area contributed by atoms with Crippen LogP contribution in [0.4, 0.5) is 11.4 Å². The number of rotatable bonds is 4. The first-order valence-corrected chi connectivity index (χ1v) is 5.19. The van der Waals surface area contributed by atoms with Crippen LogP contribution in [-0.2, 0) is 4.79 Å². The Morgan fingerprint density at radius 2 is 2.24 bits per heavy atom. The van der Waals surface area contributed by atoms with Gasteiger partial charge < -0.3 is 9.64 Å². The average Bonchev–Trinajstić information content (AvgIpc) is 2.35. The Labute approximate surface area is 103 Å². The number of carbonyl (C=O) groups excluding carboxylic acids is 1. The number of amides is 1. The lowest BCUT2D eigenvalue weighted by molar-refractivity contribution is -0.385. The van der Waals surface area contributed by atoms with Crippen LogP contribution >= 0.6 is 11.6 Å². The number of nitrogens with zero attached hydrogens (tertiary/aromatic N) is 2. The molecule has 0 N–H and O–H groups in total. The number of benzene rings is 1. The molecule has 1 aromatic carbocycles. The van der Waals surface area contributed by atoms with E-state index < -0.39 is 4.92 Å². The molecule has 0 spiro atoms. The molecule has 1 amide bonds. The molecular formula is C10H11ClN2O4. The van der Waals surface area contributed by atoms with E-state index in [2.05, 4.69) is 0 Å². The Morgan fingerprint density at radius 1 is 1.59 bits per heavy atom. The molecule has 0 bridgehead atoms. The normalized spacial score (nSPS) is 9.82. The third-order valence-electron chi connectivity index (χ3n) is 2.24. The van der Waals surface area contributed by atoms with Gasteiger partial charge in [-0.2, -0.15) is 0 Å². The zero-order valence-electron chi connectivity index (χ0n) is 9.34. The van der Waals surface area contributed by atoms with Gasteiger partial charge in [0.25, 0.3) is 0 Å². The average molecular weight is 259 g/mol. The van der Waals surface area contributed by atoms with E-state index in [-0.39, 0.29) is 23.2 Å². The molecule has 0 unspecified atom stereocenters. The fraction of sp³-hybridized carbons (Fsp3) is 0.300. The van der Waals surface area contributed by atoms with Gasteiger partial charge in [-0.1, -0.05) is 0 Å². The molecule has 6 nitrogen and oxygen atoms in total. The highest BCUT2D eigenvalue weighted by atomic mass is 35.5. The number of hydrogen-bond donors (Lipinski definition) is 0. The number of methoxy groups -OCH3 is 1. The molecule has 0 heterocycles. The molecule has 0 saturated heterocycles. The van der Waals surface area contributed by atoms with Crippen LogP contribution in [0.25, 0.3) is 0 Å². The molecule has 17 heavy (non-hydrogen) atoms. The summed E-state index contributed by atoms with van der Waals surface area (Å²) in [6.45, 7) is 0. The molecule has 0 saturated carbocycles. The van der Waals surface area contributed by atoms with Gasteiger partial charge in [-0.15, -0.1) is 11.6 Å². The molecule has 92 valence electrons. The van der Waals surface area contributed by atoms with Gasteiger partial charge in [-0.25, -0.2) is 0 Å². The summed E-state index contributed by atoms with van der Waals surface area (Å²) in [6.07, 6.45) is 0. The summed E-state index contributed by atoms with van der Waals surface area (Å²) in [5.41, 5.74) is 0.334. The molecular weight excluding hydrogens is 248 g/mol. The lowest BCUT2D eigenvalue weighted by Crippen LogP contribution is -2.27. The first-order chi connectivity index (χ1) is 8.01. The maximum Gasteiger partial charge on any atom is 0.311 e. The van der Waals surface area contributed by atoms with Gasteiger partial charge >= 0.3 is 5.69 Å². The van der Waals surface area contributed by atoms with Crippen LogP contribution in [0.5, 0.6) is 5.75 Å². The van der Waals surface area contributed by atoms with Crippen molar-refractivity contribution in [3.63, 3.8) is 0 Å². The van der Waals surface area contributed by atoms with Crippen molar-refractivity contribution in [2.45, 2.75) is 0 Å². The highest BCUT2D eigenvalue weighted by Crippen LogP contribution is 2.30. The fourth-order valence-corrected chi connectivity index (χ4v) is 1.44. The summed E-state index contributed by atoms with van der Waals surface area (Å²) in [7, 11) is 2.86. The predicted octanol–water partition coefficient (Wildman–Crippen LogP) is 1.80. The minimum atomic E-state index is -0.550. The molecule has 0 fully saturated rings. The highest BCUT2D eigenvalue weighted by molar-refractivity contribution is 6.29. The van der Waals surface area contributed by atoms with Crippen molar-refractivity contribution >= 4 is 28.9 Å². The van der Waals surface area contributed by atoms with Crippen LogP contribution in [0, 0.1) is 10.1 Å². The number of nitro groups is 1. The van der Waals surface area contributed by atoms with Crippen LogP contribution in [0.3, 0.4) is 0 Å². The van der Waals surface area contributed by atoms with Gasteiger partial charge in [-0.3, -0.25) is 14.9 Å². The van der Waals surface area contributed by atoms with Crippen molar-refractivity contribution in [1.29, 1.82) is 0 Å². The van der Waals surface area contributed by atoms with Gasteiger partial charge in [0.1, 0.15) is 5.88 Å². The van der Waals surface area contributed by atoms with Crippen LogP contribution in [-0.4, -0.2) is 30.9 Å². The minimum Gasteiger partial charge on any atom is -0.490 e. The lowest BCUT2D eigenvalue weighted by atomic mass is 10.2. The van der Waals surface area contributed by atoms with E-state index in [9.17, 15) is 14.9 Å². The first-order valence-electron chi connectivity index (χ1n) is 4.66. The maximum absolute atomic E-state index is 11.3. The van der Waals surface area contributed by atoms with E-state index in [0.717, 1.165) is 0 Å². The highest BCUT2D eigenvalue weighted by Gasteiger charge is 2.17. The molecule has 0 aliphatic rings. The second kappa shape index (κ2) is 5.49. The summed E-state index contributed by atoms with van der Waals surface area (Å²) in [5.74, 6) is -0.361. The van der Waals surface area contributed by atoms with Crippen molar-refractivity contribution in [3.05, 3.63) is 28.3 Å². The van der Waals surface area contributed by atoms with Crippen LogP contribution < -0.4 is 9.64 Å². The molecule has 0 radical (unpaired) electrons. The lowest BCUT2D eigenvalue weighted by Gasteiger charge is -2.16. The SMILES string of the molecule is COc1cc(N(C)C(=O)CCl)ccc1[N+](=O)[O-]. The number of ether oxygens (including phenoxy) is 1. The largest absolute Gasteiger partial charge is 0.490 e. The Hall–Kier alpha value is -1.82. The summed E-state index contributed by atoms with van der Waals surface area (Å²) in [6, 6.07) is 4.17. The van der Waals surface area contributed by atoms with Gasteiger partial charge in [-0.05, 0) is 6.07 Å². The molecule has 1 rings (SSSR count). The standard InChI is InChI=1S/C10H11ClN2O4/c1-12(10(14)6-11)7-3-4-8(13(15)16)9(5-7)17-2/h3-5H,6H2,1-2H3. The molecule has 1 aromatic rings. The van der Waals surface area contributed by atoms with Crippen LogP contribution in [0.1, 0.15) is 0 Å². The second-order valence-corrected chi connectivity index (χ2v) is 3.47. The van der Waals surface area contributed by atoms with E-state index in [1.54, 1.807) is 0 Å². The quantitative estimate of drug-likeness (QED) is 0.469. The number of halogens is 1. The van der Waals surface area contributed by atoms with E-state index >= 15 is 0 Å². The fourth-order valence-electron chi connectivity index (χ4n) is 1.26. The Kier molecular flexibility index (Phi) is 4.28. The van der Waals surface area contributed by atoms with Crippen molar-refractivity contribution in [2.75, 3.05) is 24.9 Å². The molecule has 0 aromatic heterocycles. The van der Waals surface area contributed by atoms with Gasteiger partial charge in [0, 0.05) is 24.9 Å². The monoisotopic (exact) mass is 258 g/mol. The third kappa shape index (κ3) is 2.85. The van der Waals surface area contributed by atoms with E-state index in [1.807, 2.05) is 0 Å². The third-order valence-corrected chi connectivity index (χ3v) is 2.46. The number of hydrogen-bond acceptors (Lipinski definition) is 4. The maximum atomic E-state index is 11.3. The second-order valence-electron chi connectivity index (χ2n) is 3.20. The number of anilines is 1.